The van der Waals surface area contributed by atoms with Crippen LogP contribution in [0.25, 0.3) is 0 Å². The van der Waals surface area contributed by atoms with Crippen LogP contribution in [0, 0.1) is 0 Å². The summed E-state index contributed by atoms with van der Waals surface area (Å²) in [7, 11) is 0. The zero-order valence-electron chi connectivity index (χ0n) is 3.88. The summed E-state index contributed by atoms with van der Waals surface area (Å²) in [6.45, 7) is 1.62. The van der Waals surface area contributed by atoms with Crippen molar-refractivity contribution in [2.45, 2.75) is 6.92 Å². The molecule has 0 fully saturated rings. The van der Waals surface area contributed by atoms with Gasteiger partial charge in [-0.15, -0.1) is 0 Å². The zero-order chi connectivity index (χ0) is 5.70. The van der Waals surface area contributed by atoms with Crippen LogP contribution in [0.3, 0.4) is 0 Å². The molecule has 0 N–H and O–H groups in total. The van der Waals surface area contributed by atoms with E-state index < -0.39 is 5.97 Å². The van der Waals surface area contributed by atoms with Crippen molar-refractivity contribution in [3.05, 3.63) is 12.2 Å². The summed E-state index contributed by atoms with van der Waals surface area (Å²) in [6.07, 6.45) is 2.48. The highest BCUT2D eigenvalue weighted by Crippen LogP contribution is 1.74. The fourth-order valence-corrected chi connectivity index (χ4v) is 0.164. The summed E-state index contributed by atoms with van der Waals surface area (Å²) < 4.78 is 0. The van der Waals surface area contributed by atoms with Gasteiger partial charge >= 0.3 is 5.97 Å². The quantitative estimate of drug-likeness (QED) is 0.273. The van der Waals surface area contributed by atoms with Gasteiger partial charge in [0.15, 0.2) is 0 Å². The minimum absolute atomic E-state index is 0.859. The lowest BCUT2D eigenvalue weighted by Gasteiger charge is -1.76. The predicted octanol–water partition coefficient (Wildman–Crippen LogP) is 0.451. The van der Waals surface area contributed by atoms with Gasteiger partial charge in [-0.1, -0.05) is 6.08 Å². The Kier molecular flexibility index (Phi) is 2.96. The molecule has 0 unspecified atom stereocenters. The van der Waals surface area contributed by atoms with Gasteiger partial charge in [0.25, 0.3) is 0 Å². The molecule has 7 heavy (non-hydrogen) atoms. The van der Waals surface area contributed by atoms with E-state index in [1.165, 1.54) is 6.08 Å². The Morgan fingerprint density at radius 2 is 2.29 bits per heavy atom. The third-order valence-corrected chi connectivity index (χ3v) is 0.385. The maximum Gasteiger partial charge on any atom is 0.369 e. The van der Waals surface area contributed by atoms with E-state index in [2.05, 4.69) is 4.89 Å². The van der Waals surface area contributed by atoms with Gasteiger partial charge in [-0.25, -0.2) is 4.79 Å². The molecular weight excluding hydrogens is 96.0 g/mol. The van der Waals surface area contributed by atoms with Gasteiger partial charge in [0.2, 0.25) is 0 Å². The highest BCUT2D eigenvalue weighted by molar-refractivity contribution is 5.81. The van der Waals surface area contributed by atoms with Crippen molar-refractivity contribution in [1.29, 1.82) is 0 Å². The van der Waals surface area contributed by atoms with Crippen molar-refractivity contribution < 1.29 is 14.9 Å². The van der Waals surface area contributed by atoms with E-state index in [0.29, 0.717) is 0 Å². The number of hydrogen-bond acceptors (Lipinski definition) is 2. The molecule has 0 amide bonds. The van der Waals surface area contributed by atoms with Crippen LogP contribution < -0.4 is 0 Å². The summed E-state index contributed by atoms with van der Waals surface area (Å²) in [5.41, 5.74) is 0. The van der Waals surface area contributed by atoms with E-state index in [-0.39, 0.29) is 0 Å². The molecule has 0 spiro atoms. The van der Waals surface area contributed by atoms with E-state index in [1.807, 2.05) is 0 Å². The molecule has 0 aliphatic rings. The normalized spacial score (nSPS) is 9.43. The minimum Gasteiger partial charge on any atom is -0.261 e. The van der Waals surface area contributed by atoms with Crippen LogP contribution in [-0.2, 0) is 14.9 Å². The van der Waals surface area contributed by atoms with Crippen molar-refractivity contribution in [3.8, 4) is 0 Å². The average molecular weight is 101 g/mol. The lowest BCUT2D eigenvalue weighted by molar-refractivity contribution is -0.273. The van der Waals surface area contributed by atoms with Crippen molar-refractivity contribution in [1.82, 2.24) is 0 Å². The number of allylic oxidation sites excluding steroid dienone is 1. The van der Waals surface area contributed by atoms with Crippen molar-refractivity contribution in [2.75, 3.05) is 0 Å². The first kappa shape index (κ1) is 6.17. The van der Waals surface area contributed by atoms with Crippen LogP contribution in [0.4, 0.5) is 0 Å². The highest BCUT2D eigenvalue weighted by Gasteiger charge is 1.89. The Bertz CT molecular complexity index is 84.9. The smallest absolute Gasteiger partial charge is 0.261 e. The van der Waals surface area contributed by atoms with Crippen LogP contribution in [-0.4, -0.2) is 5.97 Å². The van der Waals surface area contributed by atoms with Gasteiger partial charge < -0.3 is 0 Å². The molecule has 1 radical (unpaired) electrons. The van der Waals surface area contributed by atoms with E-state index in [4.69, 9.17) is 5.26 Å². The van der Waals surface area contributed by atoms with Crippen LogP contribution in [0.15, 0.2) is 12.2 Å². The summed E-state index contributed by atoms with van der Waals surface area (Å²) in [5, 5.41) is 9.12. The second-order valence-corrected chi connectivity index (χ2v) is 0.902. The van der Waals surface area contributed by atoms with Gasteiger partial charge in [0.1, 0.15) is 0 Å². The molecule has 0 saturated heterocycles. The molecule has 0 saturated carbocycles. The maximum absolute atomic E-state index is 9.79. The first-order valence-electron chi connectivity index (χ1n) is 1.77. The molecular formula is C4H5O3. The van der Waals surface area contributed by atoms with Gasteiger partial charge in [-0.05, 0) is 6.92 Å². The Balaban J connectivity index is 3.37. The van der Waals surface area contributed by atoms with Gasteiger partial charge in [0.05, 0.1) is 0 Å². The van der Waals surface area contributed by atoms with Crippen LogP contribution in [0.1, 0.15) is 6.92 Å². The lowest BCUT2D eigenvalue weighted by Crippen LogP contribution is -1.91. The predicted molar refractivity (Wildman–Crippen MR) is 21.6 cm³/mol. The second-order valence-electron chi connectivity index (χ2n) is 0.902. The van der Waals surface area contributed by atoms with Crippen molar-refractivity contribution in [2.24, 2.45) is 0 Å². The molecule has 0 rings (SSSR count). The summed E-state index contributed by atoms with van der Waals surface area (Å²) in [5.74, 6) is -0.859. The van der Waals surface area contributed by atoms with Gasteiger partial charge in [0, 0.05) is 11.3 Å². The van der Waals surface area contributed by atoms with Crippen LogP contribution >= 0.6 is 0 Å². The molecule has 3 heteroatoms. The number of carbonyl (C=O) groups is 1. The molecule has 0 aromatic rings. The molecule has 3 nitrogen and oxygen atoms in total. The molecule has 0 heterocycles. The van der Waals surface area contributed by atoms with Crippen LogP contribution in [0.2, 0.25) is 0 Å². The number of carbonyl (C=O) groups excluding carboxylic acids is 1. The van der Waals surface area contributed by atoms with Gasteiger partial charge in [-0.2, -0.15) is 0 Å². The molecule has 0 atom stereocenters. The van der Waals surface area contributed by atoms with E-state index in [9.17, 15) is 4.79 Å². The molecule has 0 bridgehead atoms. The lowest BCUT2D eigenvalue weighted by atomic mass is 10.5. The summed E-state index contributed by atoms with van der Waals surface area (Å²) in [6, 6.07) is 0. The highest BCUT2D eigenvalue weighted by atomic mass is 17.1. The maximum atomic E-state index is 9.79. The zero-order valence-corrected chi connectivity index (χ0v) is 3.88. The largest absolute Gasteiger partial charge is 0.369 e. The molecule has 0 aliphatic carbocycles. The second kappa shape index (κ2) is 3.36. The first-order chi connectivity index (χ1) is 3.31. The Labute approximate surface area is 41.1 Å². The Hall–Kier alpha value is -0.830. The fourth-order valence-electron chi connectivity index (χ4n) is 0.164. The summed E-state index contributed by atoms with van der Waals surface area (Å²) >= 11 is 0. The third-order valence-electron chi connectivity index (χ3n) is 0.385. The number of rotatable bonds is 1. The Morgan fingerprint density at radius 3 is 2.43 bits per heavy atom. The number of hydrogen-bond donors (Lipinski definition) is 0. The van der Waals surface area contributed by atoms with Crippen molar-refractivity contribution in [3.63, 3.8) is 0 Å². The monoisotopic (exact) mass is 101 g/mol. The minimum atomic E-state index is -0.859. The SMILES string of the molecule is CC=CC(=O)O[O]. The molecule has 0 aromatic heterocycles. The summed E-state index contributed by atoms with van der Waals surface area (Å²) in [4.78, 5) is 12.8. The van der Waals surface area contributed by atoms with Crippen molar-refractivity contribution >= 4 is 5.97 Å². The van der Waals surface area contributed by atoms with E-state index in [1.54, 1.807) is 6.92 Å². The van der Waals surface area contributed by atoms with E-state index in [0.717, 1.165) is 6.08 Å². The molecule has 0 aromatic carbocycles. The molecule has 0 aliphatic heterocycles. The van der Waals surface area contributed by atoms with E-state index >= 15 is 0 Å². The third kappa shape index (κ3) is 2.99. The average Bonchev–Trinajstić information content (AvgIpc) is 1.68. The standard InChI is InChI=1S/C4H5O3/c1-2-3-4(5)7-6/h2-3H,1H3. The fraction of sp³-hybridized carbons (Fsp3) is 0.250. The van der Waals surface area contributed by atoms with Gasteiger partial charge in [-0.3, -0.25) is 4.89 Å². The topological polar surface area (TPSA) is 46.2 Å². The molecule has 39 valence electrons. The Morgan fingerprint density at radius 1 is 1.71 bits per heavy atom. The van der Waals surface area contributed by atoms with Crippen LogP contribution in [0.5, 0.6) is 0 Å². The first-order valence-corrected chi connectivity index (χ1v) is 1.77.